The Kier molecular flexibility index (Phi) is 3.14. The van der Waals surface area contributed by atoms with Crippen molar-refractivity contribution in [2.45, 2.75) is 39.2 Å². The van der Waals surface area contributed by atoms with E-state index in [1.807, 2.05) is 0 Å². The minimum atomic E-state index is -0.168. The molecule has 0 unspecified atom stereocenters. The van der Waals surface area contributed by atoms with Crippen molar-refractivity contribution in [1.29, 1.82) is 0 Å². The van der Waals surface area contributed by atoms with Gasteiger partial charge in [-0.1, -0.05) is 23.8 Å². The summed E-state index contributed by atoms with van der Waals surface area (Å²) in [6, 6.07) is 0. The summed E-state index contributed by atoms with van der Waals surface area (Å²) in [5, 5.41) is 11.0. The van der Waals surface area contributed by atoms with Gasteiger partial charge in [-0.05, 0) is 50.7 Å². The fraction of sp³-hybridized carbons (Fsp3) is 0.750. The fourth-order valence-corrected chi connectivity index (χ4v) is 6.38. The molecule has 1 nitrogen and oxygen atoms in total. The van der Waals surface area contributed by atoms with Crippen LogP contribution in [0.5, 0.6) is 0 Å². The van der Waals surface area contributed by atoms with Gasteiger partial charge < -0.3 is 5.11 Å². The van der Waals surface area contributed by atoms with Crippen molar-refractivity contribution in [3.05, 3.63) is 23.8 Å². The lowest BCUT2D eigenvalue weighted by molar-refractivity contribution is -0.0824. The van der Waals surface area contributed by atoms with E-state index in [1.165, 1.54) is 24.2 Å². The Morgan fingerprint density at radius 1 is 1.50 bits per heavy atom. The second-order valence-corrected chi connectivity index (χ2v) is 7.65. The Bertz CT molecular complexity index is 400. The molecule has 1 saturated carbocycles. The van der Waals surface area contributed by atoms with E-state index in [-0.39, 0.29) is 11.5 Å². The topological polar surface area (TPSA) is 20.2 Å². The monoisotopic (exact) mass is 264 g/mol. The van der Waals surface area contributed by atoms with Gasteiger partial charge >= 0.3 is 0 Å². The van der Waals surface area contributed by atoms with E-state index < -0.39 is 0 Å². The highest BCUT2D eigenvalue weighted by Crippen LogP contribution is 2.60. The molecule has 0 radical (unpaired) electrons. The lowest BCUT2D eigenvalue weighted by Gasteiger charge is -2.53. The second-order valence-electron chi connectivity index (χ2n) is 6.62. The molecule has 0 amide bonds. The van der Waals surface area contributed by atoms with Crippen molar-refractivity contribution in [1.82, 2.24) is 0 Å². The molecule has 1 spiro atoms. The highest BCUT2D eigenvalue weighted by Gasteiger charge is 2.58. The largest absolute Gasteiger partial charge is 0.392 e. The van der Waals surface area contributed by atoms with E-state index in [4.69, 9.17) is 0 Å². The van der Waals surface area contributed by atoms with Gasteiger partial charge in [0.2, 0.25) is 0 Å². The van der Waals surface area contributed by atoms with Gasteiger partial charge in [-0.15, -0.1) is 0 Å². The maximum Gasteiger partial charge on any atom is 0.0678 e. The van der Waals surface area contributed by atoms with Gasteiger partial charge in [-0.25, -0.2) is 0 Å². The smallest absolute Gasteiger partial charge is 0.0678 e. The predicted octanol–water partition coefficient (Wildman–Crippen LogP) is 3.65. The molecule has 0 aromatic carbocycles. The van der Waals surface area contributed by atoms with Crippen LogP contribution in [0.3, 0.4) is 0 Å². The van der Waals surface area contributed by atoms with Crippen LogP contribution in [-0.2, 0) is 0 Å². The summed E-state index contributed by atoms with van der Waals surface area (Å²) in [5.41, 5.74) is 2.88. The van der Waals surface area contributed by atoms with Crippen molar-refractivity contribution >= 4 is 11.8 Å². The van der Waals surface area contributed by atoms with Gasteiger partial charge in [0.1, 0.15) is 0 Å². The molecule has 1 heterocycles. The molecule has 3 rings (SSSR count). The van der Waals surface area contributed by atoms with Crippen LogP contribution in [0.2, 0.25) is 0 Å². The molecule has 2 heteroatoms. The Morgan fingerprint density at radius 3 is 3.00 bits per heavy atom. The molecule has 100 valence electrons. The zero-order valence-electron chi connectivity index (χ0n) is 11.5. The average Bonchev–Trinajstić information content (AvgIpc) is 2.71. The summed E-state index contributed by atoms with van der Waals surface area (Å²) in [4.78, 5) is 0. The number of rotatable bonds is 1. The second kappa shape index (κ2) is 4.42. The zero-order valence-corrected chi connectivity index (χ0v) is 12.3. The van der Waals surface area contributed by atoms with E-state index in [9.17, 15) is 5.11 Å². The van der Waals surface area contributed by atoms with Crippen LogP contribution in [0.25, 0.3) is 0 Å². The first-order valence-corrected chi connectivity index (χ1v) is 8.29. The predicted molar refractivity (Wildman–Crippen MR) is 78.7 cm³/mol. The van der Waals surface area contributed by atoms with Crippen molar-refractivity contribution in [2.24, 2.45) is 23.2 Å². The van der Waals surface area contributed by atoms with Gasteiger partial charge in [-0.3, -0.25) is 0 Å². The lowest BCUT2D eigenvalue weighted by atomic mass is 9.53. The molecule has 18 heavy (non-hydrogen) atoms. The van der Waals surface area contributed by atoms with E-state index in [0.717, 1.165) is 12.2 Å². The van der Waals surface area contributed by atoms with Gasteiger partial charge in [-0.2, -0.15) is 11.8 Å². The maximum atomic E-state index is 11.0. The molecule has 5 atom stereocenters. The summed E-state index contributed by atoms with van der Waals surface area (Å²) in [5.74, 6) is 4.01. The first-order chi connectivity index (χ1) is 8.55. The number of allylic oxidation sites excluding steroid dienone is 2. The first kappa shape index (κ1) is 12.8. The highest BCUT2D eigenvalue weighted by atomic mass is 32.2. The van der Waals surface area contributed by atoms with Crippen LogP contribution in [-0.4, -0.2) is 22.7 Å². The number of hydrogen-bond donors (Lipinski definition) is 1. The third kappa shape index (κ3) is 1.65. The lowest BCUT2D eigenvalue weighted by Crippen LogP contribution is -2.54. The Balaban J connectivity index is 2.00. The van der Waals surface area contributed by atoms with Gasteiger partial charge in [0.05, 0.1) is 6.10 Å². The quantitative estimate of drug-likeness (QED) is 0.730. The van der Waals surface area contributed by atoms with Crippen LogP contribution in [0.15, 0.2) is 23.8 Å². The van der Waals surface area contributed by atoms with E-state index in [0.29, 0.717) is 17.8 Å². The summed E-state index contributed by atoms with van der Waals surface area (Å²) in [6.45, 7) is 8.47. The molecule has 0 aromatic heterocycles. The highest BCUT2D eigenvalue weighted by molar-refractivity contribution is 7.99. The summed E-state index contributed by atoms with van der Waals surface area (Å²) in [7, 11) is 0. The standard InChI is InChI=1S/C16H24OS/c1-10(2)14-5-4-12-6-11(3)7-13-8-18-9-16(12,13)15(14)17/h6,12-15,17H,1,4-5,7-9H2,2-3H3/t12-,13+,14+,15+,16-/m0/s1. The number of aliphatic hydroxyl groups excluding tert-OH is 1. The molecular weight excluding hydrogens is 240 g/mol. The zero-order chi connectivity index (χ0) is 12.9. The fourth-order valence-electron chi connectivity index (χ4n) is 4.57. The van der Waals surface area contributed by atoms with Gasteiger partial charge in [0.15, 0.2) is 0 Å². The van der Waals surface area contributed by atoms with Crippen molar-refractivity contribution in [3.63, 3.8) is 0 Å². The van der Waals surface area contributed by atoms with Gasteiger partial charge in [0, 0.05) is 17.1 Å². The number of aliphatic hydroxyl groups is 1. The van der Waals surface area contributed by atoms with Gasteiger partial charge in [0.25, 0.3) is 0 Å². The molecule has 2 aliphatic carbocycles. The normalized spacial score (nSPS) is 47.2. The van der Waals surface area contributed by atoms with Crippen LogP contribution >= 0.6 is 11.8 Å². The van der Waals surface area contributed by atoms with E-state index in [2.05, 4.69) is 38.3 Å². The Labute approximate surface area is 115 Å². The molecule has 2 fully saturated rings. The minimum absolute atomic E-state index is 0.159. The molecule has 1 saturated heterocycles. The number of thioether (sulfide) groups is 1. The Morgan fingerprint density at radius 2 is 2.28 bits per heavy atom. The summed E-state index contributed by atoms with van der Waals surface area (Å²) < 4.78 is 0. The summed E-state index contributed by atoms with van der Waals surface area (Å²) in [6.07, 6.45) is 5.86. The van der Waals surface area contributed by atoms with E-state index in [1.54, 1.807) is 5.57 Å². The van der Waals surface area contributed by atoms with Crippen LogP contribution in [0.4, 0.5) is 0 Å². The van der Waals surface area contributed by atoms with Crippen molar-refractivity contribution < 1.29 is 5.11 Å². The van der Waals surface area contributed by atoms with Crippen LogP contribution in [0, 0.1) is 23.2 Å². The third-order valence-corrected chi connectivity index (χ3v) is 6.87. The molecule has 3 aliphatic rings. The Hall–Kier alpha value is -0.210. The molecular formula is C16H24OS. The van der Waals surface area contributed by atoms with Crippen molar-refractivity contribution in [3.8, 4) is 0 Å². The molecule has 0 bridgehead atoms. The van der Waals surface area contributed by atoms with Crippen LogP contribution < -0.4 is 0 Å². The van der Waals surface area contributed by atoms with Crippen LogP contribution in [0.1, 0.15) is 33.1 Å². The molecule has 1 N–H and O–H groups in total. The molecule has 1 aliphatic heterocycles. The number of hydrogen-bond acceptors (Lipinski definition) is 2. The maximum absolute atomic E-state index is 11.0. The average molecular weight is 264 g/mol. The minimum Gasteiger partial charge on any atom is -0.392 e. The third-order valence-electron chi connectivity index (χ3n) is 5.53. The SMILES string of the molecule is C=C(C)[C@H]1CC[C@H]2C=C(C)C[C@@H]3CSC[C@@]32[C@@H]1O. The molecule has 0 aromatic rings. The first-order valence-electron chi connectivity index (χ1n) is 7.14. The van der Waals surface area contributed by atoms with E-state index >= 15 is 0 Å². The summed E-state index contributed by atoms with van der Waals surface area (Å²) >= 11 is 2.05. The van der Waals surface area contributed by atoms with Crippen molar-refractivity contribution in [2.75, 3.05) is 11.5 Å².